The van der Waals surface area contributed by atoms with Crippen molar-refractivity contribution in [2.75, 3.05) is 5.32 Å². The molecule has 0 fully saturated rings. The van der Waals surface area contributed by atoms with Gasteiger partial charge in [-0.25, -0.2) is 13.8 Å². The summed E-state index contributed by atoms with van der Waals surface area (Å²) in [4.78, 5) is 21.9. The molecule has 1 N–H and O–H groups in total. The Balaban J connectivity index is 1.99. The van der Waals surface area contributed by atoms with Gasteiger partial charge < -0.3 is 10.1 Å². The summed E-state index contributed by atoms with van der Waals surface area (Å²) < 4.78 is 32.1. The minimum absolute atomic E-state index is 0.185. The van der Waals surface area contributed by atoms with Crippen LogP contribution in [0.3, 0.4) is 0 Å². The molecule has 0 saturated heterocycles. The highest BCUT2D eigenvalue weighted by Gasteiger charge is 2.26. The number of benzene rings is 1. The number of anilines is 2. The quantitative estimate of drug-likeness (QED) is 0.556. The molecule has 0 unspecified atom stereocenters. The highest BCUT2D eigenvalue weighted by atomic mass is 19.1. The third-order valence-corrected chi connectivity index (χ3v) is 3.00. The van der Waals surface area contributed by atoms with E-state index in [1.807, 2.05) is 0 Å². The van der Waals surface area contributed by atoms with Gasteiger partial charge in [0.2, 0.25) is 5.82 Å². The number of hydrogen-bond donors (Lipinski definition) is 1. The highest BCUT2D eigenvalue weighted by molar-refractivity contribution is 5.69. The van der Waals surface area contributed by atoms with Gasteiger partial charge in [0, 0.05) is 12.3 Å². The van der Waals surface area contributed by atoms with Crippen molar-refractivity contribution in [3.63, 3.8) is 0 Å². The molecule has 0 atom stereocenters. The molecule has 0 saturated carbocycles. The number of pyridine rings is 1. The molecule has 0 radical (unpaired) electrons. The second kappa shape index (κ2) is 6.83. The zero-order valence-corrected chi connectivity index (χ0v) is 12.4. The largest absolute Gasteiger partial charge is 0.432 e. The summed E-state index contributed by atoms with van der Waals surface area (Å²) in [5, 5.41) is 13.8. The van der Waals surface area contributed by atoms with Crippen molar-refractivity contribution >= 4 is 17.2 Å². The van der Waals surface area contributed by atoms with Crippen LogP contribution in [-0.2, 0) is 0 Å². The van der Waals surface area contributed by atoms with Crippen LogP contribution in [0.15, 0.2) is 49.1 Å². The van der Waals surface area contributed by atoms with Crippen LogP contribution in [0.5, 0.6) is 11.6 Å². The Morgan fingerprint density at radius 3 is 2.72 bits per heavy atom. The topological polar surface area (TPSA) is 103 Å². The van der Waals surface area contributed by atoms with Crippen LogP contribution in [0.25, 0.3) is 0 Å². The third kappa shape index (κ3) is 3.63. The summed E-state index contributed by atoms with van der Waals surface area (Å²) in [7, 11) is 0. The molecule has 3 rings (SSSR count). The first-order chi connectivity index (χ1) is 12.0. The van der Waals surface area contributed by atoms with Crippen LogP contribution in [0.4, 0.5) is 26.0 Å². The Morgan fingerprint density at radius 1 is 1.20 bits per heavy atom. The first-order valence-electron chi connectivity index (χ1n) is 6.84. The number of nitrogens with zero attached hydrogens (tertiary/aromatic N) is 4. The Kier molecular flexibility index (Phi) is 4.42. The van der Waals surface area contributed by atoms with Gasteiger partial charge in [0.1, 0.15) is 23.7 Å². The average molecular weight is 345 g/mol. The maximum atomic E-state index is 13.8. The maximum Gasteiger partial charge on any atom is 0.373 e. The predicted octanol–water partition coefficient (Wildman–Crippen LogP) is 3.59. The van der Waals surface area contributed by atoms with Crippen molar-refractivity contribution in [2.24, 2.45) is 0 Å². The van der Waals surface area contributed by atoms with Gasteiger partial charge in [0.15, 0.2) is 0 Å². The predicted molar refractivity (Wildman–Crippen MR) is 82.6 cm³/mol. The third-order valence-electron chi connectivity index (χ3n) is 3.00. The first kappa shape index (κ1) is 16.2. The Labute approximate surface area is 139 Å². The monoisotopic (exact) mass is 345 g/mol. The van der Waals surface area contributed by atoms with E-state index in [-0.39, 0.29) is 23.1 Å². The summed E-state index contributed by atoms with van der Waals surface area (Å²) >= 11 is 0. The Bertz CT molecular complexity index is 924. The number of halogens is 2. The molecule has 126 valence electrons. The number of aromatic nitrogens is 3. The Hall–Kier alpha value is -3.69. The van der Waals surface area contributed by atoms with E-state index in [0.717, 1.165) is 18.5 Å². The number of nitrogens with one attached hydrogen (secondary N) is 1. The second-order valence-electron chi connectivity index (χ2n) is 4.67. The summed E-state index contributed by atoms with van der Waals surface area (Å²) in [6.45, 7) is 0. The molecular formula is C15H9F2N5O3. The lowest BCUT2D eigenvalue weighted by atomic mass is 10.3. The SMILES string of the molecule is O=[N+]([O-])c1c(Nc2ccc(F)cc2F)ncnc1Oc1cccnc1. The van der Waals surface area contributed by atoms with E-state index in [2.05, 4.69) is 20.3 Å². The van der Waals surface area contributed by atoms with Crippen molar-refractivity contribution < 1.29 is 18.4 Å². The van der Waals surface area contributed by atoms with Crippen LogP contribution in [0.2, 0.25) is 0 Å². The van der Waals surface area contributed by atoms with Gasteiger partial charge in [-0.2, -0.15) is 4.98 Å². The van der Waals surface area contributed by atoms with Crippen molar-refractivity contribution in [1.82, 2.24) is 15.0 Å². The van der Waals surface area contributed by atoms with Crippen LogP contribution >= 0.6 is 0 Å². The minimum atomic E-state index is -0.928. The molecular weight excluding hydrogens is 336 g/mol. The van der Waals surface area contributed by atoms with E-state index in [9.17, 15) is 18.9 Å². The lowest BCUT2D eigenvalue weighted by Crippen LogP contribution is -2.04. The fourth-order valence-electron chi connectivity index (χ4n) is 1.93. The van der Waals surface area contributed by atoms with Gasteiger partial charge >= 0.3 is 11.6 Å². The Morgan fingerprint density at radius 2 is 2.04 bits per heavy atom. The molecule has 0 bridgehead atoms. The summed E-state index contributed by atoms with van der Waals surface area (Å²) in [6, 6.07) is 5.85. The first-order valence-corrected chi connectivity index (χ1v) is 6.84. The van der Waals surface area contributed by atoms with Crippen LogP contribution in [0.1, 0.15) is 0 Å². The number of hydrogen-bond acceptors (Lipinski definition) is 7. The summed E-state index contributed by atoms with van der Waals surface area (Å²) in [6.07, 6.45) is 3.87. The van der Waals surface area contributed by atoms with E-state index >= 15 is 0 Å². The molecule has 25 heavy (non-hydrogen) atoms. The molecule has 8 nitrogen and oxygen atoms in total. The molecule has 0 aliphatic heterocycles. The maximum absolute atomic E-state index is 13.8. The second-order valence-corrected chi connectivity index (χ2v) is 4.67. The zero-order valence-electron chi connectivity index (χ0n) is 12.4. The summed E-state index contributed by atoms with van der Waals surface area (Å²) in [5.41, 5.74) is -0.786. The average Bonchev–Trinajstić information content (AvgIpc) is 2.58. The fraction of sp³-hybridized carbons (Fsp3) is 0. The molecule has 0 spiro atoms. The van der Waals surface area contributed by atoms with Gasteiger partial charge in [0.25, 0.3) is 0 Å². The number of nitro groups is 1. The van der Waals surface area contributed by atoms with Crippen LogP contribution in [0, 0.1) is 21.7 Å². The van der Waals surface area contributed by atoms with Gasteiger partial charge in [-0.15, -0.1) is 0 Å². The van der Waals surface area contributed by atoms with Gasteiger partial charge in [-0.3, -0.25) is 15.1 Å². The highest BCUT2D eigenvalue weighted by Crippen LogP contribution is 2.35. The molecule has 3 aromatic rings. The normalized spacial score (nSPS) is 10.3. The molecule has 0 amide bonds. The van der Waals surface area contributed by atoms with E-state index in [1.165, 1.54) is 18.5 Å². The van der Waals surface area contributed by atoms with Crippen molar-refractivity contribution in [3.05, 3.63) is 70.8 Å². The van der Waals surface area contributed by atoms with Crippen LogP contribution in [-0.4, -0.2) is 19.9 Å². The van der Waals surface area contributed by atoms with Gasteiger partial charge in [-0.05, 0) is 24.3 Å². The molecule has 0 aliphatic rings. The van der Waals surface area contributed by atoms with Crippen molar-refractivity contribution in [1.29, 1.82) is 0 Å². The van der Waals surface area contributed by atoms with E-state index in [4.69, 9.17) is 4.74 Å². The fourth-order valence-corrected chi connectivity index (χ4v) is 1.93. The summed E-state index contributed by atoms with van der Waals surface area (Å²) in [5.74, 6) is -2.13. The molecule has 2 heterocycles. The number of rotatable bonds is 5. The van der Waals surface area contributed by atoms with E-state index in [1.54, 1.807) is 6.07 Å². The van der Waals surface area contributed by atoms with Gasteiger partial charge in [0.05, 0.1) is 16.8 Å². The molecule has 1 aromatic carbocycles. The van der Waals surface area contributed by atoms with Crippen molar-refractivity contribution in [2.45, 2.75) is 0 Å². The lowest BCUT2D eigenvalue weighted by Gasteiger charge is -2.09. The van der Waals surface area contributed by atoms with Crippen molar-refractivity contribution in [3.8, 4) is 11.6 Å². The molecule has 0 aliphatic carbocycles. The smallest absolute Gasteiger partial charge is 0.373 e. The molecule has 2 aromatic heterocycles. The van der Waals surface area contributed by atoms with E-state index in [0.29, 0.717) is 6.07 Å². The zero-order chi connectivity index (χ0) is 17.8. The van der Waals surface area contributed by atoms with Gasteiger partial charge in [-0.1, -0.05) is 0 Å². The lowest BCUT2D eigenvalue weighted by molar-refractivity contribution is -0.385. The van der Waals surface area contributed by atoms with E-state index < -0.39 is 22.2 Å². The molecule has 10 heteroatoms. The number of ether oxygens (including phenoxy) is 1. The minimum Gasteiger partial charge on any atom is -0.432 e. The standard InChI is InChI=1S/C15H9F2N5O3/c16-9-3-4-12(11(17)6-9)21-14-13(22(23)24)15(20-8-19-14)25-10-2-1-5-18-7-10/h1-8H,(H,19,20,21). The van der Waals surface area contributed by atoms with Crippen LogP contribution < -0.4 is 10.1 Å².